The smallest absolute Gasteiger partial charge is 0.0629 e. The van der Waals surface area contributed by atoms with Gasteiger partial charge in [0.15, 0.2) is 0 Å². The van der Waals surface area contributed by atoms with Crippen LogP contribution in [0.1, 0.15) is 6.93 Å². The molecule has 0 fully saturated rings. The summed E-state index contributed by atoms with van der Waals surface area (Å²) in [7, 11) is 0. The number of hydrogen-bond acceptors (Lipinski definition) is 1. The zero-order valence-electron chi connectivity index (χ0n) is 8.72. The zero-order chi connectivity index (χ0) is 10.5. The van der Waals surface area contributed by atoms with Gasteiger partial charge in [-0.1, -0.05) is 48.5 Å². The molecule has 2 aromatic carbocycles. The first-order chi connectivity index (χ1) is 7.34. The minimum absolute atomic E-state index is 0.520. The van der Waals surface area contributed by atoms with E-state index in [0.29, 0.717) is 6.04 Å². The molecule has 0 aliphatic rings. The molecule has 68 valence electrons. The largest absolute Gasteiger partial charge is 0.256 e. The van der Waals surface area contributed by atoms with Crippen molar-refractivity contribution in [1.29, 1.82) is 0 Å². The van der Waals surface area contributed by atoms with Gasteiger partial charge in [-0.3, -0.25) is 4.99 Å². The first kappa shape index (κ1) is 7.51. The lowest BCUT2D eigenvalue weighted by Crippen LogP contribution is -1.77. The third kappa shape index (κ3) is 2.30. The van der Waals surface area contributed by atoms with E-state index in [2.05, 4.69) is 4.99 Å². The fourth-order valence-electron chi connectivity index (χ4n) is 1.15. The van der Waals surface area contributed by atoms with E-state index in [1.807, 2.05) is 42.5 Å². The van der Waals surface area contributed by atoms with Gasteiger partial charge in [-0.2, -0.15) is 0 Å². The van der Waals surface area contributed by atoms with Crippen LogP contribution in [0, 0.1) is 0 Å². The normalized spacial score (nSPS) is 11.6. The van der Waals surface area contributed by atoms with Crippen LogP contribution in [0.3, 0.4) is 0 Å². The highest BCUT2D eigenvalue weighted by Gasteiger charge is 1.85. The van der Waals surface area contributed by atoms with Crippen molar-refractivity contribution in [2.45, 2.75) is 0 Å². The monoisotopic (exact) mass is 182 g/mol. The van der Waals surface area contributed by atoms with Gasteiger partial charge in [0.2, 0.25) is 0 Å². The molecule has 0 aromatic heterocycles. The summed E-state index contributed by atoms with van der Waals surface area (Å²) >= 11 is 0. The van der Waals surface area contributed by atoms with Gasteiger partial charge in [0.1, 0.15) is 0 Å². The van der Waals surface area contributed by atoms with Crippen LogP contribution in [0.15, 0.2) is 65.6 Å². The minimum atomic E-state index is 0.520. The predicted octanol–water partition coefficient (Wildman–Crippen LogP) is 3.44. The van der Waals surface area contributed by atoms with Crippen molar-refractivity contribution < 1.29 is 1.37 Å². The van der Waals surface area contributed by atoms with Gasteiger partial charge in [0.25, 0.3) is 0 Å². The Hall–Kier alpha value is -1.89. The van der Waals surface area contributed by atoms with Crippen molar-refractivity contribution >= 4 is 11.9 Å². The van der Waals surface area contributed by atoms with Gasteiger partial charge in [-0.05, 0) is 17.7 Å². The molecule has 0 saturated heterocycles. The van der Waals surface area contributed by atoms with Crippen molar-refractivity contribution in [2.24, 2.45) is 4.99 Å². The zero-order valence-corrected chi connectivity index (χ0v) is 7.72. The summed E-state index contributed by atoms with van der Waals surface area (Å²) in [6.07, 6.45) is 1.80. The van der Waals surface area contributed by atoms with Crippen LogP contribution in [-0.4, -0.2) is 6.21 Å². The van der Waals surface area contributed by atoms with Crippen molar-refractivity contribution in [2.75, 3.05) is 0 Å². The fourth-order valence-corrected chi connectivity index (χ4v) is 1.15. The molecular formula is C13H11N. The number of benzene rings is 2. The van der Waals surface area contributed by atoms with Crippen molar-refractivity contribution in [1.82, 2.24) is 0 Å². The second-order valence-corrected chi connectivity index (χ2v) is 2.93. The number of hydrogen-bond donors (Lipinski definition) is 0. The van der Waals surface area contributed by atoms with E-state index in [4.69, 9.17) is 1.37 Å². The molecule has 0 N–H and O–H groups in total. The standard InChI is InChI=1S/C13H11N/c1-3-7-12(8-4-1)11-14-13-9-5-2-6-10-13/h1-11H/i1D. The first-order valence-corrected chi connectivity index (χ1v) is 4.50. The molecule has 2 aromatic rings. The van der Waals surface area contributed by atoms with E-state index >= 15 is 0 Å². The van der Waals surface area contributed by atoms with Gasteiger partial charge >= 0.3 is 0 Å². The summed E-state index contributed by atoms with van der Waals surface area (Å²) in [6, 6.07) is 17.6. The SMILES string of the molecule is [2H]c1ccc(C=Nc2ccccc2)cc1. The third-order valence-corrected chi connectivity index (χ3v) is 1.86. The quantitative estimate of drug-likeness (QED) is 0.631. The second-order valence-electron chi connectivity index (χ2n) is 2.93. The Labute approximate surface area is 85.2 Å². The lowest BCUT2D eigenvalue weighted by atomic mass is 10.2. The molecule has 0 saturated carbocycles. The molecule has 1 heteroatoms. The molecule has 0 spiro atoms. The highest BCUT2D eigenvalue weighted by Crippen LogP contribution is 2.09. The molecule has 14 heavy (non-hydrogen) atoms. The lowest BCUT2D eigenvalue weighted by Gasteiger charge is -1.92. The van der Waals surface area contributed by atoms with Crippen molar-refractivity contribution in [3.05, 3.63) is 66.2 Å². The van der Waals surface area contributed by atoms with Crippen LogP contribution < -0.4 is 0 Å². The molecule has 0 unspecified atom stereocenters. The van der Waals surface area contributed by atoms with Crippen molar-refractivity contribution in [3.63, 3.8) is 0 Å². The van der Waals surface area contributed by atoms with E-state index in [0.717, 1.165) is 11.3 Å². The van der Waals surface area contributed by atoms with Crippen molar-refractivity contribution in [3.8, 4) is 0 Å². The number of aliphatic imine (C=N–C) groups is 1. The van der Waals surface area contributed by atoms with E-state index < -0.39 is 0 Å². The van der Waals surface area contributed by atoms with E-state index in [-0.39, 0.29) is 0 Å². The topological polar surface area (TPSA) is 12.4 Å². The molecule has 1 nitrogen and oxygen atoms in total. The van der Waals surface area contributed by atoms with Gasteiger partial charge in [0.05, 0.1) is 7.06 Å². The van der Waals surface area contributed by atoms with Crippen LogP contribution in [0.2, 0.25) is 0 Å². The molecule has 0 heterocycles. The molecule has 0 bridgehead atoms. The van der Waals surface area contributed by atoms with Crippen LogP contribution in [0.5, 0.6) is 0 Å². The molecule has 0 radical (unpaired) electrons. The average Bonchev–Trinajstić information content (AvgIpc) is 2.30. The average molecular weight is 182 g/mol. The lowest BCUT2D eigenvalue weighted by molar-refractivity contribution is 1.53. The molecular weight excluding hydrogens is 170 g/mol. The Kier molecular flexibility index (Phi) is 2.35. The van der Waals surface area contributed by atoms with E-state index in [9.17, 15) is 0 Å². The third-order valence-electron chi connectivity index (χ3n) is 1.86. The number of rotatable bonds is 2. The summed E-state index contributed by atoms with van der Waals surface area (Å²) in [5, 5.41) is 0. The summed E-state index contributed by atoms with van der Waals surface area (Å²) < 4.78 is 7.34. The van der Waals surface area contributed by atoms with Gasteiger partial charge < -0.3 is 0 Å². The van der Waals surface area contributed by atoms with Gasteiger partial charge in [0, 0.05) is 6.21 Å². The molecule has 0 atom stereocenters. The second kappa shape index (κ2) is 4.38. The van der Waals surface area contributed by atoms with Crippen LogP contribution in [0.4, 0.5) is 5.69 Å². The maximum Gasteiger partial charge on any atom is 0.0629 e. The molecule has 0 aliphatic heterocycles. The highest BCUT2D eigenvalue weighted by atomic mass is 14.7. The molecule has 0 amide bonds. The number of nitrogens with zero attached hydrogens (tertiary/aromatic N) is 1. The van der Waals surface area contributed by atoms with Crippen LogP contribution in [0.25, 0.3) is 0 Å². The minimum Gasteiger partial charge on any atom is -0.256 e. The van der Waals surface area contributed by atoms with E-state index in [1.165, 1.54) is 0 Å². The van der Waals surface area contributed by atoms with Gasteiger partial charge in [-0.25, -0.2) is 0 Å². The van der Waals surface area contributed by atoms with Gasteiger partial charge in [-0.15, -0.1) is 0 Å². The molecule has 2 rings (SSSR count). The summed E-state index contributed by atoms with van der Waals surface area (Å²) in [5.41, 5.74) is 1.95. The summed E-state index contributed by atoms with van der Waals surface area (Å²) in [4.78, 5) is 4.32. The Morgan fingerprint density at radius 1 is 0.929 bits per heavy atom. The summed E-state index contributed by atoms with van der Waals surface area (Å²) in [5.74, 6) is 0. The summed E-state index contributed by atoms with van der Waals surface area (Å²) in [6.45, 7) is 0. The predicted molar refractivity (Wildman–Crippen MR) is 60.1 cm³/mol. The fraction of sp³-hybridized carbons (Fsp3) is 0. The van der Waals surface area contributed by atoms with E-state index in [1.54, 1.807) is 18.3 Å². The highest BCUT2D eigenvalue weighted by molar-refractivity contribution is 5.81. The Morgan fingerprint density at radius 3 is 2.36 bits per heavy atom. The first-order valence-electron chi connectivity index (χ1n) is 5.00. The molecule has 0 aliphatic carbocycles. The Bertz CT molecular complexity index is 446. The Balaban J connectivity index is 2.15. The number of para-hydroxylation sites is 1. The van der Waals surface area contributed by atoms with Crippen LogP contribution in [-0.2, 0) is 0 Å². The Morgan fingerprint density at radius 2 is 1.64 bits per heavy atom. The maximum absolute atomic E-state index is 7.34. The maximum atomic E-state index is 7.34. The van der Waals surface area contributed by atoms with Crippen LogP contribution >= 0.6 is 0 Å².